The molecule has 0 aliphatic carbocycles. The lowest BCUT2D eigenvalue weighted by Crippen LogP contribution is -2.35. The van der Waals surface area contributed by atoms with E-state index in [-0.39, 0.29) is 5.91 Å². The molecule has 2 heterocycles. The van der Waals surface area contributed by atoms with E-state index in [0.29, 0.717) is 6.54 Å². The summed E-state index contributed by atoms with van der Waals surface area (Å²) in [6.45, 7) is 1.39. The highest BCUT2D eigenvalue weighted by atomic mass is 32.2. The summed E-state index contributed by atoms with van der Waals surface area (Å²) in [5, 5.41) is 2.76. The van der Waals surface area contributed by atoms with Gasteiger partial charge in [-0.25, -0.2) is 4.98 Å². The molecule has 136 valence electrons. The fraction of sp³-hybridized carbons (Fsp3) is 0.263. The molecule has 0 saturated heterocycles. The lowest BCUT2D eigenvalue weighted by molar-refractivity contribution is -0.114. The zero-order chi connectivity index (χ0) is 18.5. The van der Waals surface area contributed by atoms with Crippen molar-refractivity contribution < 1.29 is 4.79 Å². The second-order valence-corrected chi connectivity index (χ2v) is 8.78. The molecule has 1 aromatic carbocycles. The number of thiazole rings is 1. The number of benzene rings is 1. The number of nitrogens with zero attached hydrogens (tertiary/aromatic N) is 3. The van der Waals surface area contributed by atoms with Gasteiger partial charge in [0.1, 0.15) is 0 Å². The number of carbonyl (C=O) groups is 1. The number of hydrogen-bond donors (Lipinski definition) is 0. The van der Waals surface area contributed by atoms with Crippen molar-refractivity contribution in [3.63, 3.8) is 0 Å². The Labute approximate surface area is 166 Å². The van der Waals surface area contributed by atoms with Gasteiger partial charge in [-0.05, 0) is 50.0 Å². The van der Waals surface area contributed by atoms with Gasteiger partial charge in [-0.1, -0.05) is 23.5 Å². The minimum Gasteiger partial charge on any atom is -0.308 e. The maximum atomic E-state index is 12.9. The molecular formula is C19H21N3OS3. The van der Waals surface area contributed by atoms with Gasteiger partial charge in [0.2, 0.25) is 0 Å². The van der Waals surface area contributed by atoms with Gasteiger partial charge in [0.25, 0.3) is 5.91 Å². The van der Waals surface area contributed by atoms with Gasteiger partial charge in [0, 0.05) is 28.9 Å². The summed E-state index contributed by atoms with van der Waals surface area (Å²) in [4.78, 5) is 23.7. The molecule has 0 radical (unpaired) electrons. The van der Waals surface area contributed by atoms with Crippen LogP contribution >= 0.6 is 34.4 Å². The van der Waals surface area contributed by atoms with Crippen molar-refractivity contribution in [1.82, 2.24) is 9.88 Å². The van der Waals surface area contributed by atoms with Crippen molar-refractivity contribution in [3.05, 3.63) is 46.7 Å². The predicted molar refractivity (Wildman–Crippen MR) is 116 cm³/mol. The Hall–Kier alpha value is -1.67. The lowest BCUT2D eigenvalue weighted by Gasteiger charge is -2.20. The molecule has 2 aromatic heterocycles. The minimum absolute atomic E-state index is 0.0370. The molecule has 0 saturated carbocycles. The number of carbonyl (C=O) groups excluding carboxylic acids is 1. The van der Waals surface area contributed by atoms with E-state index in [9.17, 15) is 4.79 Å². The monoisotopic (exact) mass is 403 g/mol. The van der Waals surface area contributed by atoms with Gasteiger partial charge in [-0.15, -0.1) is 23.1 Å². The number of fused-ring (bicyclic) bond motifs is 1. The Kier molecular flexibility index (Phi) is 6.48. The van der Waals surface area contributed by atoms with Crippen LogP contribution in [0.15, 0.2) is 46.7 Å². The largest absolute Gasteiger partial charge is 0.308 e. The number of thioether (sulfide) groups is 1. The van der Waals surface area contributed by atoms with Crippen molar-refractivity contribution >= 4 is 61.8 Å². The first-order valence-corrected chi connectivity index (χ1v) is 11.1. The quantitative estimate of drug-likeness (QED) is 0.424. The summed E-state index contributed by atoms with van der Waals surface area (Å²) in [5.74, 6) is -0.0370. The SMILES string of the molecule is CSc1cccc2sc(N(CCN(C)C)C(=O)/C=C/c3cccs3)nc12. The van der Waals surface area contributed by atoms with Crippen molar-refractivity contribution in [2.24, 2.45) is 0 Å². The second kappa shape index (κ2) is 8.81. The fourth-order valence-electron chi connectivity index (χ4n) is 2.42. The van der Waals surface area contributed by atoms with Crippen molar-refractivity contribution in [1.29, 1.82) is 0 Å². The van der Waals surface area contributed by atoms with Crippen LogP contribution in [-0.2, 0) is 4.79 Å². The third-order valence-electron chi connectivity index (χ3n) is 3.79. The van der Waals surface area contributed by atoms with E-state index in [2.05, 4.69) is 17.0 Å². The van der Waals surface area contributed by atoms with Gasteiger partial charge in [0.15, 0.2) is 5.13 Å². The summed E-state index contributed by atoms with van der Waals surface area (Å²) in [7, 11) is 4.02. The average molecular weight is 404 g/mol. The van der Waals surface area contributed by atoms with Gasteiger partial charge in [-0.2, -0.15) is 0 Å². The molecule has 3 rings (SSSR count). The minimum atomic E-state index is -0.0370. The highest BCUT2D eigenvalue weighted by molar-refractivity contribution is 7.98. The fourth-order valence-corrected chi connectivity index (χ4v) is 4.69. The van der Waals surface area contributed by atoms with Crippen LogP contribution in [0, 0.1) is 0 Å². The van der Waals surface area contributed by atoms with Crippen LogP contribution in [0.4, 0.5) is 5.13 Å². The number of para-hydroxylation sites is 1. The first kappa shape index (κ1) is 19.1. The lowest BCUT2D eigenvalue weighted by atomic mass is 10.3. The van der Waals surface area contributed by atoms with Crippen molar-refractivity contribution in [3.8, 4) is 0 Å². The Morgan fingerprint density at radius 3 is 2.77 bits per heavy atom. The molecular weight excluding hydrogens is 382 g/mol. The smallest absolute Gasteiger partial charge is 0.252 e. The van der Waals surface area contributed by atoms with E-state index in [1.807, 2.05) is 50.0 Å². The van der Waals surface area contributed by atoms with E-state index >= 15 is 0 Å². The highest BCUT2D eigenvalue weighted by Crippen LogP contribution is 2.34. The first-order chi connectivity index (χ1) is 12.6. The molecule has 0 atom stereocenters. The number of hydrogen-bond acceptors (Lipinski definition) is 6. The number of thiophene rings is 1. The Bertz CT molecular complexity index is 900. The standard InChI is InChI=1S/C19H21N3OS3/c1-21(2)11-12-22(17(23)10-9-14-6-5-13-25-14)19-20-18-15(24-3)7-4-8-16(18)26-19/h4-10,13H,11-12H2,1-3H3/b10-9+. The third-order valence-corrected chi connectivity index (χ3v) is 6.44. The molecule has 0 N–H and O–H groups in total. The molecule has 26 heavy (non-hydrogen) atoms. The molecule has 1 amide bonds. The molecule has 0 aliphatic heterocycles. The van der Waals surface area contributed by atoms with Gasteiger partial charge in [-0.3, -0.25) is 9.69 Å². The van der Waals surface area contributed by atoms with E-state index in [1.54, 1.807) is 45.4 Å². The van der Waals surface area contributed by atoms with Crippen LogP contribution < -0.4 is 4.90 Å². The molecule has 0 bridgehead atoms. The van der Waals surface area contributed by atoms with Gasteiger partial charge >= 0.3 is 0 Å². The van der Waals surface area contributed by atoms with Crippen LogP contribution in [0.2, 0.25) is 0 Å². The molecule has 7 heteroatoms. The maximum Gasteiger partial charge on any atom is 0.252 e. The number of anilines is 1. The molecule has 0 fully saturated rings. The van der Waals surface area contributed by atoms with Gasteiger partial charge < -0.3 is 4.90 Å². The first-order valence-electron chi connectivity index (χ1n) is 8.20. The third kappa shape index (κ3) is 4.54. The molecule has 0 aliphatic rings. The summed E-state index contributed by atoms with van der Waals surface area (Å²) < 4.78 is 1.11. The zero-order valence-corrected chi connectivity index (χ0v) is 17.5. The van der Waals surface area contributed by atoms with Crippen LogP contribution in [0.5, 0.6) is 0 Å². The van der Waals surface area contributed by atoms with Gasteiger partial charge in [0.05, 0.1) is 10.2 Å². The van der Waals surface area contributed by atoms with E-state index in [4.69, 9.17) is 4.98 Å². The normalized spacial score (nSPS) is 11.7. The Balaban J connectivity index is 1.91. The maximum absolute atomic E-state index is 12.9. The topological polar surface area (TPSA) is 36.4 Å². The average Bonchev–Trinajstić information content (AvgIpc) is 3.28. The molecule has 0 spiro atoms. The molecule has 3 aromatic rings. The van der Waals surface area contributed by atoms with E-state index in [1.165, 1.54) is 0 Å². The van der Waals surface area contributed by atoms with Crippen molar-refractivity contribution in [2.45, 2.75) is 4.90 Å². The zero-order valence-electron chi connectivity index (χ0n) is 15.0. The summed E-state index contributed by atoms with van der Waals surface area (Å²) in [5.41, 5.74) is 0.977. The van der Waals surface area contributed by atoms with E-state index in [0.717, 1.165) is 31.7 Å². The number of amides is 1. The Morgan fingerprint density at radius 2 is 2.08 bits per heavy atom. The molecule has 4 nitrogen and oxygen atoms in total. The van der Waals surface area contributed by atoms with E-state index < -0.39 is 0 Å². The molecule has 0 unspecified atom stereocenters. The number of likely N-dealkylation sites (N-methyl/N-ethyl adjacent to an activating group) is 1. The number of aromatic nitrogens is 1. The van der Waals surface area contributed by atoms with Crippen LogP contribution in [0.3, 0.4) is 0 Å². The van der Waals surface area contributed by atoms with Crippen molar-refractivity contribution in [2.75, 3.05) is 38.3 Å². The van der Waals surface area contributed by atoms with Crippen LogP contribution in [0.25, 0.3) is 16.3 Å². The Morgan fingerprint density at radius 1 is 1.23 bits per heavy atom. The highest BCUT2D eigenvalue weighted by Gasteiger charge is 2.19. The second-order valence-electron chi connectivity index (χ2n) is 5.95. The number of rotatable bonds is 7. The summed E-state index contributed by atoms with van der Waals surface area (Å²) >= 11 is 4.87. The summed E-state index contributed by atoms with van der Waals surface area (Å²) in [6.07, 6.45) is 5.56. The van der Waals surface area contributed by atoms with Crippen LogP contribution in [0.1, 0.15) is 4.88 Å². The van der Waals surface area contributed by atoms with Crippen LogP contribution in [-0.4, -0.2) is 49.2 Å². The predicted octanol–water partition coefficient (Wildman–Crippen LogP) is 4.69. The summed E-state index contributed by atoms with van der Waals surface area (Å²) in [6, 6.07) is 10.2.